The molecule has 0 radical (unpaired) electrons. The fourth-order valence-electron chi connectivity index (χ4n) is 3.29. The minimum atomic E-state index is -4.14. The Kier molecular flexibility index (Phi) is 22.6. The Balaban J connectivity index is 0. The molecule has 0 rings (SSSR count). The molecule has 0 aliphatic rings. The summed E-state index contributed by atoms with van der Waals surface area (Å²) in [6.07, 6.45) is 15.4. The van der Waals surface area contributed by atoms with Gasteiger partial charge in [-0.25, -0.2) is 8.42 Å². The quantitative estimate of drug-likeness (QED) is 0.212. The molecule has 0 aromatic rings. The summed E-state index contributed by atoms with van der Waals surface area (Å²) in [6.45, 7) is 4.25. The monoisotopic (exact) mass is 416 g/mol. The van der Waals surface area contributed by atoms with E-state index in [9.17, 15) is 18.1 Å². The molecule has 0 aromatic heterocycles. The van der Waals surface area contributed by atoms with Crippen molar-refractivity contribution in [2.45, 2.75) is 128 Å². The van der Waals surface area contributed by atoms with Crippen molar-refractivity contribution in [2.75, 3.05) is 0 Å². The molecule has 4 nitrogen and oxygen atoms in total. The minimum Gasteiger partial charge on any atom is -0.748 e. The molecular formula is C20H41KO4S. The van der Waals surface area contributed by atoms with Crippen molar-refractivity contribution in [1.82, 2.24) is 0 Å². The van der Waals surface area contributed by atoms with E-state index in [0.717, 1.165) is 77.0 Å². The van der Waals surface area contributed by atoms with E-state index in [4.69, 9.17) is 0 Å². The summed E-state index contributed by atoms with van der Waals surface area (Å²) in [5.74, 6) is 0. The second-order valence-electron chi connectivity index (χ2n) is 7.46. The van der Waals surface area contributed by atoms with Crippen molar-refractivity contribution < 1.29 is 69.5 Å². The molecule has 0 aromatic carbocycles. The van der Waals surface area contributed by atoms with Crippen molar-refractivity contribution in [2.24, 2.45) is 0 Å². The predicted molar refractivity (Wildman–Crippen MR) is 105 cm³/mol. The zero-order valence-corrected chi connectivity index (χ0v) is 21.5. The zero-order valence-electron chi connectivity index (χ0n) is 17.5. The Hall–Kier alpha value is 1.51. The molecule has 2 atom stereocenters. The summed E-state index contributed by atoms with van der Waals surface area (Å²) < 4.78 is 33.9. The third-order valence-electron chi connectivity index (χ3n) is 4.99. The molecule has 0 spiro atoms. The third-order valence-corrected chi connectivity index (χ3v) is 6.28. The average Bonchev–Trinajstić information content (AvgIpc) is 2.54. The van der Waals surface area contributed by atoms with Crippen LogP contribution in [0.1, 0.15) is 117 Å². The largest absolute Gasteiger partial charge is 1.00 e. The van der Waals surface area contributed by atoms with Gasteiger partial charge in [0, 0.05) is 5.25 Å². The van der Waals surface area contributed by atoms with Crippen LogP contribution in [0.25, 0.3) is 0 Å². The van der Waals surface area contributed by atoms with Crippen molar-refractivity contribution in [3.05, 3.63) is 0 Å². The molecule has 0 bridgehead atoms. The van der Waals surface area contributed by atoms with E-state index in [1.165, 1.54) is 12.8 Å². The van der Waals surface area contributed by atoms with Crippen molar-refractivity contribution in [3.8, 4) is 0 Å². The Labute approximate surface area is 205 Å². The number of hydrogen-bond acceptors (Lipinski definition) is 4. The fourth-order valence-corrected chi connectivity index (χ4v) is 4.20. The molecule has 152 valence electrons. The summed E-state index contributed by atoms with van der Waals surface area (Å²) in [7, 11) is -4.14. The van der Waals surface area contributed by atoms with Gasteiger partial charge in [0.2, 0.25) is 0 Å². The molecule has 0 fully saturated rings. The summed E-state index contributed by atoms with van der Waals surface area (Å²) in [6, 6.07) is 0. The van der Waals surface area contributed by atoms with E-state index in [1.807, 2.05) is 0 Å². The first kappa shape index (κ1) is 29.7. The molecule has 2 unspecified atom stereocenters. The van der Waals surface area contributed by atoms with Gasteiger partial charge in [-0.2, -0.15) is 0 Å². The van der Waals surface area contributed by atoms with E-state index in [2.05, 4.69) is 13.8 Å². The summed E-state index contributed by atoms with van der Waals surface area (Å²) in [5.41, 5.74) is 0. The van der Waals surface area contributed by atoms with Crippen molar-refractivity contribution in [1.29, 1.82) is 0 Å². The van der Waals surface area contributed by atoms with Crippen LogP contribution in [0.5, 0.6) is 0 Å². The molecule has 0 saturated heterocycles. The van der Waals surface area contributed by atoms with E-state index >= 15 is 0 Å². The van der Waals surface area contributed by atoms with Gasteiger partial charge in [0.1, 0.15) is 0 Å². The minimum absolute atomic E-state index is 0. The van der Waals surface area contributed by atoms with Gasteiger partial charge in [-0.15, -0.1) is 0 Å². The number of aliphatic hydroxyl groups excluding tert-OH is 1. The smallest absolute Gasteiger partial charge is 0.748 e. The number of aliphatic hydroxyl groups is 1. The molecule has 0 saturated carbocycles. The maximum Gasteiger partial charge on any atom is 1.00 e. The molecule has 6 heteroatoms. The Bertz CT molecular complexity index is 387. The normalized spacial score (nSPS) is 14.0. The second kappa shape index (κ2) is 19.8. The van der Waals surface area contributed by atoms with Gasteiger partial charge >= 0.3 is 51.4 Å². The van der Waals surface area contributed by atoms with Crippen LogP contribution in [-0.2, 0) is 10.1 Å². The predicted octanol–water partition coefficient (Wildman–Crippen LogP) is 2.55. The van der Waals surface area contributed by atoms with Crippen LogP contribution in [0.3, 0.4) is 0 Å². The summed E-state index contributed by atoms with van der Waals surface area (Å²) in [5, 5.41) is 9.17. The van der Waals surface area contributed by atoms with Crippen molar-refractivity contribution >= 4 is 10.1 Å². The summed E-state index contributed by atoms with van der Waals surface area (Å²) >= 11 is 0. The number of unbranched alkanes of at least 4 members (excludes halogenated alkanes) is 9. The Morgan fingerprint density at radius 2 is 1.04 bits per heavy atom. The van der Waals surface area contributed by atoms with E-state index in [0.29, 0.717) is 12.8 Å². The van der Waals surface area contributed by atoms with Crippen LogP contribution in [0.15, 0.2) is 0 Å². The van der Waals surface area contributed by atoms with Crippen LogP contribution in [0.2, 0.25) is 0 Å². The van der Waals surface area contributed by atoms with Gasteiger partial charge in [-0.1, -0.05) is 90.9 Å². The van der Waals surface area contributed by atoms with Crippen LogP contribution in [0.4, 0.5) is 0 Å². The number of rotatable bonds is 18. The van der Waals surface area contributed by atoms with E-state index in [-0.39, 0.29) is 57.5 Å². The first-order valence-corrected chi connectivity index (χ1v) is 12.0. The first-order valence-electron chi connectivity index (χ1n) is 10.5. The maximum absolute atomic E-state index is 11.3. The molecule has 0 amide bonds. The maximum atomic E-state index is 11.3. The van der Waals surface area contributed by atoms with E-state index < -0.39 is 15.4 Å². The van der Waals surface area contributed by atoms with E-state index in [1.54, 1.807) is 0 Å². The second-order valence-corrected chi connectivity index (χ2v) is 9.11. The van der Waals surface area contributed by atoms with Crippen LogP contribution < -0.4 is 51.4 Å². The molecular weight excluding hydrogens is 375 g/mol. The SMILES string of the molecule is CCCCCC(O)CCCCCCCCC(CCCCC)S(=O)(=O)[O-].[K+]. The Morgan fingerprint density at radius 1 is 0.692 bits per heavy atom. The van der Waals surface area contributed by atoms with Gasteiger partial charge < -0.3 is 9.66 Å². The van der Waals surface area contributed by atoms with Crippen LogP contribution in [0, 0.1) is 0 Å². The van der Waals surface area contributed by atoms with Crippen LogP contribution >= 0.6 is 0 Å². The first-order chi connectivity index (χ1) is 11.9. The molecule has 0 aliphatic heterocycles. The molecule has 0 heterocycles. The molecule has 1 N–H and O–H groups in total. The van der Waals surface area contributed by atoms with Gasteiger partial charge in [-0.3, -0.25) is 0 Å². The molecule has 26 heavy (non-hydrogen) atoms. The molecule has 0 aliphatic carbocycles. The number of hydrogen-bond donors (Lipinski definition) is 1. The standard InChI is InChI=1S/C20H42O4S.K/c1-3-5-11-15-19(21)16-13-9-7-8-10-14-18-20(25(22,23)24)17-12-6-4-2;/h19-21H,3-18H2,1-2H3,(H,22,23,24);/q;+1/p-1. The Morgan fingerprint density at radius 3 is 1.46 bits per heavy atom. The average molecular weight is 417 g/mol. The third kappa shape index (κ3) is 18.9. The summed E-state index contributed by atoms with van der Waals surface area (Å²) in [4.78, 5) is 0. The topological polar surface area (TPSA) is 77.4 Å². The zero-order chi connectivity index (χ0) is 19.0. The van der Waals surface area contributed by atoms with Gasteiger partial charge in [0.15, 0.2) is 0 Å². The van der Waals surface area contributed by atoms with Gasteiger partial charge in [0.25, 0.3) is 0 Å². The fraction of sp³-hybridized carbons (Fsp3) is 1.00. The van der Waals surface area contributed by atoms with Crippen molar-refractivity contribution in [3.63, 3.8) is 0 Å². The van der Waals surface area contributed by atoms with Crippen LogP contribution in [-0.4, -0.2) is 29.4 Å². The van der Waals surface area contributed by atoms with Gasteiger partial charge in [0.05, 0.1) is 16.2 Å². The van der Waals surface area contributed by atoms with Gasteiger partial charge in [-0.05, 0) is 25.7 Å².